The second-order valence-corrected chi connectivity index (χ2v) is 4.07. The topological polar surface area (TPSA) is 39.2 Å². The molecule has 0 saturated heterocycles. The van der Waals surface area contributed by atoms with Crippen molar-refractivity contribution >= 4 is 17.6 Å². The van der Waals surface area contributed by atoms with Crippen molar-refractivity contribution in [3.63, 3.8) is 0 Å². The fraction of sp³-hybridized carbons (Fsp3) is 0.125. The molecule has 0 unspecified atom stereocenters. The van der Waals surface area contributed by atoms with Crippen LogP contribution in [0.15, 0.2) is 48.8 Å². The molecule has 1 aromatic carbocycles. The summed E-state index contributed by atoms with van der Waals surface area (Å²) in [4.78, 5) is 15.9. The van der Waals surface area contributed by atoms with Crippen LogP contribution in [0.25, 0.3) is 11.6 Å². The van der Waals surface area contributed by atoms with E-state index in [0.29, 0.717) is 16.7 Å². The molecule has 0 aliphatic rings. The van der Waals surface area contributed by atoms with Gasteiger partial charge < -0.3 is 4.74 Å². The molecule has 0 amide bonds. The van der Waals surface area contributed by atoms with Crippen molar-refractivity contribution in [1.82, 2.24) is 4.98 Å². The number of pyridine rings is 1. The summed E-state index contributed by atoms with van der Waals surface area (Å²) in [5.41, 5.74) is 1.66. The zero-order valence-corrected chi connectivity index (χ0v) is 11.0. The van der Waals surface area contributed by atoms with Gasteiger partial charge in [0.25, 0.3) is 0 Å². The van der Waals surface area contributed by atoms with Gasteiger partial charge in [0.1, 0.15) is 5.82 Å². The summed E-state index contributed by atoms with van der Waals surface area (Å²) in [6.45, 7) is 2.02. The number of halogens is 1. The van der Waals surface area contributed by atoms with Crippen molar-refractivity contribution in [3.05, 3.63) is 65.7 Å². The first-order valence-electron chi connectivity index (χ1n) is 6.25. The highest BCUT2D eigenvalue weighted by Crippen LogP contribution is 2.19. The summed E-state index contributed by atoms with van der Waals surface area (Å²) in [6.07, 6.45) is 4.79. The number of esters is 1. The van der Waals surface area contributed by atoms with Crippen LogP contribution in [0.2, 0.25) is 0 Å². The monoisotopic (exact) mass is 271 g/mol. The van der Waals surface area contributed by atoms with Crippen LogP contribution in [-0.2, 0) is 9.53 Å². The van der Waals surface area contributed by atoms with Crippen LogP contribution in [0, 0.1) is 5.82 Å². The van der Waals surface area contributed by atoms with Gasteiger partial charge in [-0.05, 0) is 48.4 Å². The maximum atomic E-state index is 13.2. The molecule has 4 heteroatoms. The minimum atomic E-state index is -0.442. The number of ether oxygens (including phenoxy) is 1. The molecular formula is C16H14FNO2. The van der Waals surface area contributed by atoms with Crippen LogP contribution in [0.1, 0.15) is 18.1 Å². The Hall–Kier alpha value is -2.49. The van der Waals surface area contributed by atoms with Gasteiger partial charge in [-0.1, -0.05) is 12.1 Å². The number of hydrogen-bond acceptors (Lipinski definition) is 3. The molecule has 3 nitrogen and oxygen atoms in total. The Labute approximate surface area is 116 Å². The fourth-order valence-electron chi connectivity index (χ4n) is 1.76. The summed E-state index contributed by atoms with van der Waals surface area (Å²) in [6, 6.07) is 9.46. The van der Waals surface area contributed by atoms with Crippen molar-refractivity contribution in [2.45, 2.75) is 6.92 Å². The van der Waals surface area contributed by atoms with E-state index in [0.717, 1.165) is 0 Å². The van der Waals surface area contributed by atoms with Gasteiger partial charge in [0, 0.05) is 12.4 Å². The van der Waals surface area contributed by atoms with Crippen molar-refractivity contribution in [2.24, 2.45) is 0 Å². The molecule has 0 N–H and O–H groups in total. The smallest absolute Gasteiger partial charge is 0.338 e. The third kappa shape index (κ3) is 3.51. The molecule has 0 spiro atoms. The molecule has 1 heterocycles. The molecule has 1 aromatic heterocycles. The Morgan fingerprint density at radius 3 is 2.70 bits per heavy atom. The standard InChI is InChI=1S/C16H14FNO2/c1-2-20-16(19)15(13-6-8-18-9-7-13)11-12-4-3-5-14(17)10-12/h3-11H,2H2,1H3. The Morgan fingerprint density at radius 2 is 2.05 bits per heavy atom. The molecule has 0 aliphatic carbocycles. The summed E-state index contributed by atoms with van der Waals surface area (Å²) >= 11 is 0. The third-order valence-electron chi connectivity index (χ3n) is 2.65. The van der Waals surface area contributed by atoms with E-state index in [1.54, 1.807) is 49.7 Å². The molecule has 0 saturated carbocycles. The van der Waals surface area contributed by atoms with Gasteiger partial charge in [-0.3, -0.25) is 4.98 Å². The minimum Gasteiger partial charge on any atom is -0.462 e. The average molecular weight is 271 g/mol. The van der Waals surface area contributed by atoms with Crippen LogP contribution in [0.4, 0.5) is 4.39 Å². The normalized spacial score (nSPS) is 11.2. The molecule has 0 bridgehead atoms. The molecule has 2 rings (SSSR count). The second-order valence-electron chi connectivity index (χ2n) is 4.07. The maximum absolute atomic E-state index is 13.2. The summed E-state index contributed by atoms with van der Waals surface area (Å²) in [5.74, 6) is -0.792. The van der Waals surface area contributed by atoms with Crippen LogP contribution >= 0.6 is 0 Å². The van der Waals surface area contributed by atoms with Crippen LogP contribution < -0.4 is 0 Å². The minimum absolute atomic E-state index is 0.282. The van der Waals surface area contributed by atoms with E-state index in [-0.39, 0.29) is 12.4 Å². The lowest BCUT2D eigenvalue weighted by atomic mass is 10.0. The zero-order chi connectivity index (χ0) is 14.4. The van der Waals surface area contributed by atoms with Gasteiger partial charge in [0.2, 0.25) is 0 Å². The van der Waals surface area contributed by atoms with E-state index in [9.17, 15) is 9.18 Å². The Bertz CT molecular complexity index is 623. The van der Waals surface area contributed by atoms with Crippen molar-refractivity contribution < 1.29 is 13.9 Å². The molecule has 102 valence electrons. The molecular weight excluding hydrogens is 257 g/mol. The lowest BCUT2D eigenvalue weighted by Crippen LogP contribution is -2.07. The average Bonchev–Trinajstić information content (AvgIpc) is 2.46. The highest BCUT2D eigenvalue weighted by atomic mass is 19.1. The summed E-state index contributed by atoms with van der Waals surface area (Å²) in [7, 11) is 0. The summed E-state index contributed by atoms with van der Waals surface area (Å²) in [5, 5.41) is 0. The molecule has 0 radical (unpaired) electrons. The zero-order valence-electron chi connectivity index (χ0n) is 11.0. The lowest BCUT2D eigenvalue weighted by molar-refractivity contribution is -0.136. The van der Waals surface area contributed by atoms with E-state index in [1.807, 2.05) is 0 Å². The van der Waals surface area contributed by atoms with Gasteiger partial charge in [-0.25, -0.2) is 9.18 Å². The number of nitrogens with zero attached hydrogens (tertiary/aromatic N) is 1. The Balaban J connectivity index is 2.44. The first-order chi connectivity index (χ1) is 9.70. The van der Waals surface area contributed by atoms with Gasteiger partial charge >= 0.3 is 5.97 Å². The number of benzene rings is 1. The third-order valence-corrected chi connectivity index (χ3v) is 2.65. The summed E-state index contributed by atoms with van der Waals surface area (Å²) < 4.78 is 18.3. The van der Waals surface area contributed by atoms with E-state index < -0.39 is 5.97 Å². The van der Waals surface area contributed by atoms with E-state index in [4.69, 9.17) is 4.74 Å². The fourth-order valence-corrected chi connectivity index (χ4v) is 1.76. The first-order valence-corrected chi connectivity index (χ1v) is 6.25. The maximum Gasteiger partial charge on any atom is 0.338 e. The predicted molar refractivity (Wildman–Crippen MR) is 75.1 cm³/mol. The van der Waals surface area contributed by atoms with Gasteiger partial charge in [-0.2, -0.15) is 0 Å². The molecule has 0 atom stereocenters. The highest BCUT2D eigenvalue weighted by molar-refractivity contribution is 6.21. The molecule has 2 aromatic rings. The largest absolute Gasteiger partial charge is 0.462 e. The highest BCUT2D eigenvalue weighted by Gasteiger charge is 2.13. The SMILES string of the molecule is CCOC(=O)C(=Cc1cccc(F)c1)c1ccncc1. The van der Waals surface area contributed by atoms with E-state index >= 15 is 0 Å². The van der Waals surface area contributed by atoms with Crippen molar-refractivity contribution in [2.75, 3.05) is 6.61 Å². The molecule has 0 aliphatic heterocycles. The second kappa shape index (κ2) is 6.61. The number of carbonyl (C=O) groups excluding carboxylic acids is 1. The van der Waals surface area contributed by atoms with Crippen molar-refractivity contribution in [1.29, 1.82) is 0 Å². The van der Waals surface area contributed by atoms with Gasteiger partial charge in [-0.15, -0.1) is 0 Å². The predicted octanol–water partition coefficient (Wildman–Crippen LogP) is 3.32. The Morgan fingerprint density at radius 1 is 1.30 bits per heavy atom. The van der Waals surface area contributed by atoms with Gasteiger partial charge in [0.05, 0.1) is 12.2 Å². The van der Waals surface area contributed by atoms with Crippen LogP contribution in [-0.4, -0.2) is 17.6 Å². The van der Waals surface area contributed by atoms with Gasteiger partial charge in [0.15, 0.2) is 0 Å². The number of aromatic nitrogens is 1. The lowest BCUT2D eigenvalue weighted by Gasteiger charge is -2.07. The van der Waals surface area contributed by atoms with E-state index in [2.05, 4.69) is 4.98 Å². The quantitative estimate of drug-likeness (QED) is 0.632. The number of hydrogen-bond donors (Lipinski definition) is 0. The van der Waals surface area contributed by atoms with Crippen molar-refractivity contribution in [3.8, 4) is 0 Å². The van der Waals surface area contributed by atoms with E-state index in [1.165, 1.54) is 12.1 Å². The molecule has 0 fully saturated rings. The Kier molecular flexibility index (Phi) is 4.60. The molecule has 20 heavy (non-hydrogen) atoms. The van der Waals surface area contributed by atoms with Crippen LogP contribution in [0.3, 0.4) is 0 Å². The number of carbonyl (C=O) groups is 1. The first kappa shape index (κ1) is 13.9. The van der Waals surface area contributed by atoms with Crippen LogP contribution in [0.5, 0.6) is 0 Å². The number of rotatable bonds is 4.